The van der Waals surface area contributed by atoms with Crippen molar-refractivity contribution in [2.75, 3.05) is 6.26 Å². The molecule has 0 unspecified atom stereocenters. The fraction of sp³-hybridized carbons (Fsp3) is 0.200. The number of hydrogen-bond acceptors (Lipinski definition) is 3. The second-order valence-corrected chi connectivity index (χ2v) is 4.76. The van der Waals surface area contributed by atoms with Crippen molar-refractivity contribution in [1.82, 2.24) is 0 Å². The first-order valence-corrected chi connectivity index (χ1v) is 6.16. The molecule has 2 aromatic rings. The smallest absolute Gasteiger partial charge is 0.183 e. The topological polar surface area (TPSA) is 20.2 Å². The number of thiophene rings is 1. The van der Waals surface area contributed by atoms with Crippen molar-refractivity contribution in [2.24, 2.45) is 0 Å². The van der Waals surface area contributed by atoms with E-state index in [2.05, 4.69) is 0 Å². The fourth-order valence-corrected chi connectivity index (χ4v) is 2.73. The van der Waals surface area contributed by atoms with Crippen LogP contribution in [0.3, 0.4) is 0 Å². The van der Waals surface area contributed by atoms with Crippen molar-refractivity contribution >= 4 is 33.2 Å². The first-order chi connectivity index (χ1) is 6.76. The lowest BCUT2D eigenvalue weighted by atomic mass is 10.2. The van der Waals surface area contributed by atoms with Crippen LogP contribution in [0.4, 0.5) is 4.39 Å². The third-order valence-electron chi connectivity index (χ3n) is 2.11. The van der Waals surface area contributed by atoms with Gasteiger partial charge in [-0.2, -0.15) is 4.39 Å². The van der Waals surface area contributed by atoms with E-state index in [1.807, 2.05) is 24.5 Å². The highest BCUT2D eigenvalue weighted by Crippen LogP contribution is 2.32. The zero-order valence-electron chi connectivity index (χ0n) is 7.58. The summed E-state index contributed by atoms with van der Waals surface area (Å²) in [7, 11) is 0. The zero-order valence-corrected chi connectivity index (χ0v) is 9.21. The highest BCUT2D eigenvalue weighted by Gasteiger charge is 2.10. The van der Waals surface area contributed by atoms with Crippen LogP contribution in [0.15, 0.2) is 23.1 Å². The molecule has 0 aliphatic carbocycles. The molecule has 0 fully saturated rings. The SMILES string of the molecule is CSc1ccc2sc(F)c(CO)c2c1. The number of halogens is 1. The molecule has 1 N–H and O–H groups in total. The van der Waals surface area contributed by atoms with E-state index in [0.717, 1.165) is 26.3 Å². The predicted molar refractivity (Wildman–Crippen MR) is 59.5 cm³/mol. The molecule has 1 heterocycles. The van der Waals surface area contributed by atoms with Crippen LogP contribution >= 0.6 is 23.1 Å². The van der Waals surface area contributed by atoms with E-state index < -0.39 is 0 Å². The van der Waals surface area contributed by atoms with Gasteiger partial charge in [-0.1, -0.05) is 0 Å². The standard InChI is InChI=1S/C10H9FOS2/c1-13-6-2-3-9-7(4-6)8(5-12)10(11)14-9/h2-4,12H,5H2,1H3. The summed E-state index contributed by atoms with van der Waals surface area (Å²) in [5.74, 6) is 0. The van der Waals surface area contributed by atoms with Crippen LogP contribution in [-0.2, 0) is 6.61 Å². The maximum atomic E-state index is 13.3. The van der Waals surface area contributed by atoms with Crippen LogP contribution in [0.5, 0.6) is 0 Å². The number of aliphatic hydroxyl groups is 1. The summed E-state index contributed by atoms with van der Waals surface area (Å²) in [4.78, 5) is 1.09. The van der Waals surface area contributed by atoms with E-state index in [0.29, 0.717) is 5.56 Å². The highest BCUT2D eigenvalue weighted by atomic mass is 32.2. The zero-order chi connectivity index (χ0) is 10.1. The molecule has 0 aliphatic heterocycles. The Kier molecular flexibility index (Phi) is 2.76. The van der Waals surface area contributed by atoms with Crippen LogP contribution in [0, 0.1) is 5.13 Å². The molecule has 0 amide bonds. The minimum atomic E-state index is -0.277. The number of aliphatic hydroxyl groups excluding tert-OH is 1. The summed E-state index contributed by atoms with van der Waals surface area (Å²) in [6, 6.07) is 5.78. The Hall–Kier alpha value is -0.580. The number of fused-ring (bicyclic) bond motifs is 1. The van der Waals surface area contributed by atoms with Gasteiger partial charge in [0.15, 0.2) is 5.13 Å². The lowest BCUT2D eigenvalue weighted by Gasteiger charge is -1.97. The minimum absolute atomic E-state index is 0.232. The Morgan fingerprint density at radius 3 is 2.93 bits per heavy atom. The quantitative estimate of drug-likeness (QED) is 0.796. The summed E-state index contributed by atoms with van der Waals surface area (Å²) >= 11 is 2.70. The minimum Gasteiger partial charge on any atom is -0.392 e. The van der Waals surface area contributed by atoms with Gasteiger partial charge in [-0.05, 0) is 24.5 Å². The first kappa shape index (κ1) is 9.96. The van der Waals surface area contributed by atoms with Crippen molar-refractivity contribution in [3.8, 4) is 0 Å². The van der Waals surface area contributed by atoms with Crippen molar-refractivity contribution in [3.63, 3.8) is 0 Å². The molecular weight excluding hydrogens is 219 g/mol. The monoisotopic (exact) mass is 228 g/mol. The van der Waals surface area contributed by atoms with Crippen molar-refractivity contribution < 1.29 is 9.50 Å². The lowest BCUT2D eigenvalue weighted by Crippen LogP contribution is -1.83. The Labute approximate surface area is 89.6 Å². The molecule has 0 aliphatic rings. The summed E-state index contributed by atoms with van der Waals surface area (Å²) in [6.45, 7) is -0.232. The van der Waals surface area contributed by atoms with E-state index in [1.165, 1.54) is 0 Å². The van der Waals surface area contributed by atoms with E-state index in [9.17, 15) is 4.39 Å². The molecule has 1 aromatic carbocycles. The average molecular weight is 228 g/mol. The van der Waals surface area contributed by atoms with Gasteiger partial charge in [0, 0.05) is 20.5 Å². The molecule has 0 bridgehead atoms. The van der Waals surface area contributed by atoms with E-state index >= 15 is 0 Å². The Balaban J connectivity index is 2.71. The van der Waals surface area contributed by atoms with Crippen molar-refractivity contribution in [3.05, 3.63) is 28.9 Å². The van der Waals surface area contributed by atoms with Gasteiger partial charge in [-0.15, -0.1) is 23.1 Å². The van der Waals surface area contributed by atoms with Crippen molar-refractivity contribution in [2.45, 2.75) is 11.5 Å². The van der Waals surface area contributed by atoms with Crippen LogP contribution in [0.25, 0.3) is 10.1 Å². The van der Waals surface area contributed by atoms with Gasteiger partial charge in [0.25, 0.3) is 0 Å². The summed E-state index contributed by atoms with van der Waals surface area (Å²) < 4.78 is 14.2. The Bertz CT molecular complexity index is 464. The van der Waals surface area contributed by atoms with E-state index in [-0.39, 0.29) is 11.7 Å². The number of hydrogen-bond donors (Lipinski definition) is 1. The molecule has 14 heavy (non-hydrogen) atoms. The first-order valence-electron chi connectivity index (χ1n) is 4.12. The van der Waals surface area contributed by atoms with Gasteiger partial charge in [-0.25, -0.2) is 0 Å². The second kappa shape index (κ2) is 3.88. The van der Waals surface area contributed by atoms with Gasteiger partial charge in [-0.3, -0.25) is 0 Å². The molecule has 0 spiro atoms. The molecule has 1 nitrogen and oxygen atoms in total. The average Bonchev–Trinajstić information content (AvgIpc) is 2.52. The molecular formula is C10H9FOS2. The van der Waals surface area contributed by atoms with Crippen LogP contribution in [-0.4, -0.2) is 11.4 Å². The maximum absolute atomic E-state index is 13.3. The summed E-state index contributed by atoms with van der Waals surface area (Å²) in [6.07, 6.45) is 1.97. The molecule has 0 radical (unpaired) electrons. The molecule has 1 aromatic heterocycles. The molecule has 0 atom stereocenters. The van der Waals surface area contributed by atoms with Gasteiger partial charge >= 0.3 is 0 Å². The van der Waals surface area contributed by atoms with Crippen LogP contribution in [0.1, 0.15) is 5.56 Å². The molecule has 0 saturated carbocycles. The van der Waals surface area contributed by atoms with Gasteiger partial charge in [0.1, 0.15) is 0 Å². The van der Waals surface area contributed by atoms with E-state index in [1.54, 1.807) is 11.8 Å². The van der Waals surface area contributed by atoms with Gasteiger partial charge in [0.2, 0.25) is 0 Å². The molecule has 2 rings (SSSR count). The van der Waals surface area contributed by atoms with Crippen LogP contribution in [0.2, 0.25) is 0 Å². The fourth-order valence-electron chi connectivity index (χ4n) is 1.37. The van der Waals surface area contributed by atoms with E-state index in [4.69, 9.17) is 5.11 Å². The molecule has 4 heteroatoms. The third-order valence-corrected chi connectivity index (χ3v) is 3.83. The number of benzene rings is 1. The normalized spacial score (nSPS) is 11.1. The number of rotatable bonds is 2. The Morgan fingerprint density at radius 2 is 2.29 bits per heavy atom. The van der Waals surface area contributed by atoms with Gasteiger partial charge in [0.05, 0.1) is 6.61 Å². The molecule has 0 saturated heterocycles. The summed E-state index contributed by atoms with van der Waals surface area (Å²) in [5, 5.41) is 9.59. The van der Waals surface area contributed by atoms with Crippen molar-refractivity contribution in [1.29, 1.82) is 0 Å². The maximum Gasteiger partial charge on any atom is 0.183 e. The predicted octanol–water partition coefficient (Wildman–Crippen LogP) is 3.25. The largest absolute Gasteiger partial charge is 0.392 e. The Morgan fingerprint density at radius 1 is 1.50 bits per heavy atom. The second-order valence-electron chi connectivity index (χ2n) is 2.87. The highest BCUT2D eigenvalue weighted by molar-refractivity contribution is 7.98. The number of thioether (sulfide) groups is 1. The lowest BCUT2D eigenvalue weighted by molar-refractivity contribution is 0.279. The van der Waals surface area contributed by atoms with Gasteiger partial charge < -0.3 is 5.11 Å². The third kappa shape index (κ3) is 1.54. The van der Waals surface area contributed by atoms with Crippen LogP contribution < -0.4 is 0 Å². The molecule has 74 valence electrons. The summed E-state index contributed by atoms with van der Waals surface area (Å²) in [5.41, 5.74) is 0.418.